The lowest BCUT2D eigenvalue weighted by Gasteiger charge is -2.34. The fourth-order valence-electron chi connectivity index (χ4n) is 3.42. The predicted octanol–water partition coefficient (Wildman–Crippen LogP) is 3.00. The van der Waals surface area contributed by atoms with Gasteiger partial charge in [-0.1, -0.05) is 18.2 Å². The first-order chi connectivity index (χ1) is 13.7. The molecule has 1 aromatic rings. The second kappa shape index (κ2) is 13.4. The van der Waals surface area contributed by atoms with Gasteiger partial charge < -0.3 is 24.6 Å². The smallest absolute Gasteiger partial charge is 0.193 e. The molecule has 6 heteroatoms. The van der Waals surface area contributed by atoms with E-state index in [2.05, 4.69) is 59.4 Å². The molecule has 0 spiro atoms. The summed E-state index contributed by atoms with van der Waals surface area (Å²) in [5.74, 6) is 1.04. The standard InChI is InChI=1S/C22H38N4O2/c1-4-23-22(24-14-8-15-25(2)20-10-6-5-7-11-20)26-16-12-21(13-17-26)28-19-9-18-27-3/h5-7,10-11,21H,4,8-9,12-19H2,1-3H3,(H,23,24). The number of hydrogen-bond acceptors (Lipinski definition) is 4. The summed E-state index contributed by atoms with van der Waals surface area (Å²) in [6.45, 7) is 8.45. The maximum Gasteiger partial charge on any atom is 0.193 e. The van der Waals surface area contributed by atoms with Crippen molar-refractivity contribution in [2.45, 2.75) is 38.7 Å². The molecule has 0 radical (unpaired) electrons. The van der Waals surface area contributed by atoms with Gasteiger partial charge in [0, 0.05) is 65.8 Å². The van der Waals surface area contributed by atoms with Crippen molar-refractivity contribution >= 4 is 11.6 Å². The molecule has 1 aliphatic rings. The Kier molecular flexibility index (Phi) is 10.8. The Bertz CT molecular complexity index is 545. The summed E-state index contributed by atoms with van der Waals surface area (Å²) in [5, 5.41) is 3.45. The molecule has 0 aromatic heterocycles. The van der Waals surface area contributed by atoms with Crippen molar-refractivity contribution in [2.75, 3.05) is 65.0 Å². The number of guanidine groups is 1. The molecule has 0 saturated carbocycles. The van der Waals surface area contributed by atoms with E-state index in [1.807, 2.05) is 0 Å². The third-order valence-electron chi connectivity index (χ3n) is 5.03. The van der Waals surface area contributed by atoms with Crippen molar-refractivity contribution in [1.82, 2.24) is 10.2 Å². The first-order valence-corrected chi connectivity index (χ1v) is 10.6. The van der Waals surface area contributed by atoms with Crippen molar-refractivity contribution in [3.05, 3.63) is 30.3 Å². The van der Waals surface area contributed by atoms with Crippen LogP contribution in [-0.2, 0) is 9.47 Å². The Morgan fingerprint density at radius 1 is 1.18 bits per heavy atom. The summed E-state index contributed by atoms with van der Waals surface area (Å²) >= 11 is 0. The summed E-state index contributed by atoms with van der Waals surface area (Å²) in [6.07, 6.45) is 4.51. The van der Waals surface area contributed by atoms with Gasteiger partial charge in [-0.15, -0.1) is 0 Å². The van der Waals surface area contributed by atoms with Crippen LogP contribution in [-0.4, -0.2) is 77.1 Å². The highest BCUT2D eigenvalue weighted by atomic mass is 16.5. The third kappa shape index (κ3) is 8.07. The second-order valence-corrected chi connectivity index (χ2v) is 7.25. The summed E-state index contributed by atoms with van der Waals surface area (Å²) < 4.78 is 11.0. The number of benzene rings is 1. The molecule has 0 bridgehead atoms. The Labute approximate surface area is 170 Å². The van der Waals surface area contributed by atoms with E-state index in [1.54, 1.807) is 7.11 Å². The molecule has 6 nitrogen and oxygen atoms in total. The van der Waals surface area contributed by atoms with E-state index in [-0.39, 0.29) is 0 Å². The van der Waals surface area contributed by atoms with Crippen molar-refractivity contribution in [3.8, 4) is 0 Å². The minimum atomic E-state index is 0.371. The normalized spacial score (nSPS) is 15.7. The number of aliphatic imine (C=N–C) groups is 1. The Hall–Kier alpha value is -1.79. The number of methoxy groups -OCH3 is 1. The van der Waals surface area contributed by atoms with Gasteiger partial charge in [0.25, 0.3) is 0 Å². The number of piperidine rings is 1. The zero-order valence-electron chi connectivity index (χ0n) is 17.9. The summed E-state index contributed by atoms with van der Waals surface area (Å²) in [7, 11) is 3.88. The van der Waals surface area contributed by atoms with E-state index in [0.29, 0.717) is 6.10 Å². The molecule has 1 aliphatic heterocycles. The van der Waals surface area contributed by atoms with Gasteiger partial charge in [-0.2, -0.15) is 0 Å². The van der Waals surface area contributed by atoms with Crippen LogP contribution in [0.15, 0.2) is 35.3 Å². The van der Waals surface area contributed by atoms with Crippen LogP contribution in [0, 0.1) is 0 Å². The number of rotatable bonds is 11. The minimum absolute atomic E-state index is 0.371. The molecular weight excluding hydrogens is 352 g/mol. The third-order valence-corrected chi connectivity index (χ3v) is 5.03. The van der Waals surface area contributed by atoms with Gasteiger partial charge >= 0.3 is 0 Å². The highest BCUT2D eigenvalue weighted by molar-refractivity contribution is 5.80. The molecule has 28 heavy (non-hydrogen) atoms. The average molecular weight is 391 g/mol. The highest BCUT2D eigenvalue weighted by Crippen LogP contribution is 2.14. The topological polar surface area (TPSA) is 49.3 Å². The number of anilines is 1. The van der Waals surface area contributed by atoms with Gasteiger partial charge in [-0.05, 0) is 44.7 Å². The molecular formula is C22H38N4O2. The van der Waals surface area contributed by atoms with Crippen LogP contribution in [0.25, 0.3) is 0 Å². The number of nitrogens with zero attached hydrogens (tertiary/aromatic N) is 3. The maximum atomic E-state index is 5.97. The van der Waals surface area contributed by atoms with Crippen LogP contribution in [0.4, 0.5) is 5.69 Å². The lowest BCUT2D eigenvalue weighted by Crippen LogP contribution is -2.47. The second-order valence-electron chi connectivity index (χ2n) is 7.25. The molecule has 1 fully saturated rings. The Morgan fingerprint density at radius 2 is 1.93 bits per heavy atom. The summed E-state index contributed by atoms with van der Waals surface area (Å²) in [6, 6.07) is 10.5. The molecule has 1 aromatic carbocycles. The quantitative estimate of drug-likeness (QED) is 0.358. The van der Waals surface area contributed by atoms with Gasteiger partial charge in [0.05, 0.1) is 6.10 Å². The van der Waals surface area contributed by atoms with E-state index in [4.69, 9.17) is 14.5 Å². The fraction of sp³-hybridized carbons (Fsp3) is 0.682. The molecule has 0 atom stereocenters. The monoisotopic (exact) mass is 390 g/mol. The van der Waals surface area contributed by atoms with Crippen LogP contribution in [0.2, 0.25) is 0 Å². The summed E-state index contributed by atoms with van der Waals surface area (Å²) in [5.41, 5.74) is 1.26. The lowest BCUT2D eigenvalue weighted by molar-refractivity contribution is 0.00991. The average Bonchev–Trinajstić information content (AvgIpc) is 2.74. The van der Waals surface area contributed by atoms with Crippen molar-refractivity contribution < 1.29 is 9.47 Å². The van der Waals surface area contributed by atoms with Crippen molar-refractivity contribution in [2.24, 2.45) is 4.99 Å². The molecule has 0 amide bonds. The Morgan fingerprint density at radius 3 is 2.61 bits per heavy atom. The number of para-hydroxylation sites is 1. The van der Waals surface area contributed by atoms with E-state index in [1.165, 1.54) is 5.69 Å². The largest absolute Gasteiger partial charge is 0.385 e. The van der Waals surface area contributed by atoms with Crippen LogP contribution in [0.5, 0.6) is 0 Å². The number of likely N-dealkylation sites (tertiary alicyclic amines) is 1. The number of hydrogen-bond donors (Lipinski definition) is 1. The van der Waals surface area contributed by atoms with E-state index in [0.717, 1.165) is 77.6 Å². The first kappa shape index (κ1) is 22.5. The fourth-order valence-corrected chi connectivity index (χ4v) is 3.42. The summed E-state index contributed by atoms with van der Waals surface area (Å²) in [4.78, 5) is 9.52. The maximum absolute atomic E-state index is 5.97. The van der Waals surface area contributed by atoms with Gasteiger partial charge in [0.2, 0.25) is 0 Å². The van der Waals surface area contributed by atoms with Gasteiger partial charge in [0.15, 0.2) is 5.96 Å². The molecule has 158 valence electrons. The van der Waals surface area contributed by atoms with Crippen LogP contribution < -0.4 is 10.2 Å². The molecule has 1 heterocycles. The van der Waals surface area contributed by atoms with Gasteiger partial charge in [0.1, 0.15) is 0 Å². The molecule has 1 saturated heterocycles. The van der Waals surface area contributed by atoms with E-state index in [9.17, 15) is 0 Å². The molecule has 1 N–H and O–H groups in total. The zero-order valence-corrected chi connectivity index (χ0v) is 17.9. The van der Waals surface area contributed by atoms with E-state index < -0.39 is 0 Å². The van der Waals surface area contributed by atoms with Crippen LogP contribution in [0.1, 0.15) is 32.6 Å². The molecule has 0 aliphatic carbocycles. The number of ether oxygens (including phenoxy) is 2. The predicted molar refractivity (Wildman–Crippen MR) is 117 cm³/mol. The van der Waals surface area contributed by atoms with Crippen molar-refractivity contribution in [3.63, 3.8) is 0 Å². The molecule has 0 unspecified atom stereocenters. The van der Waals surface area contributed by atoms with Gasteiger partial charge in [-0.25, -0.2) is 0 Å². The minimum Gasteiger partial charge on any atom is -0.385 e. The van der Waals surface area contributed by atoms with Gasteiger partial charge in [-0.3, -0.25) is 4.99 Å². The Balaban J connectivity index is 1.71. The lowest BCUT2D eigenvalue weighted by atomic mass is 10.1. The van der Waals surface area contributed by atoms with E-state index >= 15 is 0 Å². The highest BCUT2D eigenvalue weighted by Gasteiger charge is 2.21. The van der Waals surface area contributed by atoms with Crippen LogP contribution in [0.3, 0.4) is 0 Å². The van der Waals surface area contributed by atoms with Crippen molar-refractivity contribution in [1.29, 1.82) is 0 Å². The SMILES string of the molecule is CCNC(=NCCCN(C)c1ccccc1)N1CCC(OCCCOC)CC1. The first-order valence-electron chi connectivity index (χ1n) is 10.6. The van der Waals surface area contributed by atoms with Crippen LogP contribution >= 0.6 is 0 Å². The molecule has 2 rings (SSSR count). The zero-order chi connectivity index (χ0) is 20.0. The number of nitrogens with one attached hydrogen (secondary N) is 1.